The highest BCUT2D eigenvalue weighted by Crippen LogP contribution is 2.33. The average Bonchev–Trinajstić information content (AvgIpc) is 3.24. The first kappa shape index (κ1) is 23.4. The lowest BCUT2D eigenvalue weighted by Gasteiger charge is -2.29. The van der Waals surface area contributed by atoms with Crippen molar-refractivity contribution in [3.63, 3.8) is 0 Å². The van der Waals surface area contributed by atoms with E-state index in [9.17, 15) is 9.18 Å². The molecule has 0 spiro atoms. The normalized spacial score (nSPS) is 14.4. The lowest BCUT2D eigenvalue weighted by molar-refractivity contribution is 0.0391. The van der Waals surface area contributed by atoms with Gasteiger partial charge in [-0.1, -0.05) is 11.3 Å². The first-order valence-corrected chi connectivity index (χ1v) is 12.0. The Morgan fingerprint density at radius 2 is 1.88 bits per heavy atom. The van der Waals surface area contributed by atoms with E-state index in [2.05, 4.69) is 9.88 Å². The lowest BCUT2D eigenvalue weighted by Crippen LogP contribution is -2.43. The maximum absolute atomic E-state index is 13.7. The fourth-order valence-electron chi connectivity index (χ4n) is 3.69. The molecular formula is C24H28FN3O4S. The van der Waals surface area contributed by atoms with Gasteiger partial charge in [0.05, 0.1) is 36.6 Å². The van der Waals surface area contributed by atoms with Crippen LogP contribution in [-0.2, 0) is 4.74 Å². The summed E-state index contributed by atoms with van der Waals surface area (Å²) in [4.78, 5) is 22.2. The standard InChI is InChI=1S/C24H28FN3O4S/c1-3-31-20-8-5-17(15-21(20)32-4-2)23(29)28(10-9-27-11-13-30-14-12-27)24-26-19-7-6-18(25)16-22(19)33-24/h5-8,15-16H,3-4,9-14H2,1-2H3. The van der Waals surface area contributed by atoms with Crippen molar-refractivity contribution < 1.29 is 23.4 Å². The molecule has 0 aliphatic carbocycles. The Balaban J connectivity index is 1.65. The average molecular weight is 474 g/mol. The van der Waals surface area contributed by atoms with E-state index in [0.29, 0.717) is 71.9 Å². The van der Waals surface area contributed by atoms with E-state index in [1.807, 2.05) is 13.8 Å². The van der Waals surface area contributed by atoms with Gasteiger partial charge in [-0.25, -0.2) is 9.37 Å². The zero-order valence-electron chi connectivity index (χ0n) is 18.9. The van der Waals surface area contributed by atoms with Gasteiger partial charge < -0.3 is 14.2 Å². The van der Waals surface area contributed by atoms with Crippen molar-refractivity contribution in [2.45, 2.75) is 13.8 Å². The largest absolute Gasteiger partial charge is 0.490 e. The number of rotatable bonds is 9. The predicted octanol–water partition coefficient (Wildman–Crippen LogP) is 4.21. The highest BCUT2D eigenvalue weighted by molar-refractivity contribution is 7.22. The molecule has 33 heavy (non-hydrogen) atoms. The molecule has 176 valence electrons. The molecular weight excluding hydrogens is 445 g/mol. The minimum Gasteiger partial charge on any atom is -0.490 e. The van der Waals surface area contributed by atoms with E-state index in [-0.39, 0.29) is 11.7 Å². The predicted molar refractivity (Wildman–Crippen MR) is 127 cm³/mol. The van der Waals surface area contributed by atoms with Gasteiger partial charge in [-0.15, -0.1) is 0 Å². The van der Waals surface area contributed by atoms with Crippen LogP contribution >= 0.6 is 11.3 Å². The number of thiazole rings is 1. The molecule has 0 N–H and O–H groups in total. The van der Waals surface area contributed by atoms with E-state index in [0.717, 1.165) is 13.1 Å². The zero-order valence-corrected chi connectivity index (χ0v) is 19.7. The number of halogens is 1. The summed E-state index contributed by atoms with van der Waals surface area (Å²) in [5.74, 6) is 0.625. The highest BCUT2D eigenvalue weighted by Gasteiger charge is 2.24. The fourth-order valence-corrected chi connectivity index (χ4v) is 4.71. The van der Waals surface area contributed by atoms with Crippen LogP contribution in [0.4, 0.5) is 9.52 Å². The molecule has 0 atom stereocenters. The molecule has 0 unspecified atom stereocenters. The van der Waals surface area contributed by atoms with Crippen molar-refractivity contribution >= 4 is 32.6 Å². The molecule has 9 heteroatoms. The summed E-state index contributed by atoms with van der Waals surface area (Å²) in [6.45, 7) is 8.92. The third kappa shape index (κ3) is 5.61. The Bertz CT molecular complexity index is 1100. The Morgan fingerprint density at radius 3 is 2.64 bits per heavy atom. The summed E-state index contributed by atoms with van der Waals surface area (Å²) in [6, 6.07) is 9.68. The summed E-state index contributed by atoms with van der Waals surface area (Å²) < 4.78 is 31.2. The molecule has 3 aromatic rings. The van der Waals surface area contributed by atoms with Gasteiger partial charge in [0, 0.05) is 31.7 Å². The molecule has 1 saturated heterocycles. The number of carbonyl (C=O) groups is 1. The van der Waals surface area contributed by atoms with Gasteiger partial charge in [0.15, 0.2) is 16.6 Å². The number of hydrogen-bond acceptors (Lipinski definition) is 7. The van der Waals surface area contributed by atoms with Crippen molar-refractivity contribution in [3.05, 3.63) is 47.8 Å². The van der Waals surface area contributed by atoms with E-state index < -0.39 is 0 Å². The number of benzene rings is 2. The summed E-state index contributed by atoms with van der Waals surface area (Å²) in [6.07, 6.45) is 0. The monoisotopic (exact) mass is 473 g/mol. The van der Waals surface area contributed by atoms with E-state index in [1.165, 1.54) is 23.5 Å². The van der Waals surface area contributed by atoms with Crippen LogP contribution in [-0.4, -0.2) is 68.4 Å². The lowest BCUT2D eigenvalue weighted by atomic mass is 10.1. The third-order valence-electron chi connectivity index (χ3n) is 5.35. The third-order valence-corrected chi connectivity index (χ3v) is 6.39. The molecule has 2 aromatic carbocycles. The van der Waals surface area contributed by atoms with Crippen molar-refractivity contribution in [3.8, 4) is 11.5 Å². The maximum atomic E-state index is 13.7. The van der Waals surface area contributed by atoms with Crippen molar-refractivity contribution in [2.24, 2.45) is 0 Å². The molecule has 0 radical (unpaired) electrons. The number of nitrogens with zero attached hydrogens (tertiary/aromatic N) is 3. The van der Waals surface area contributed by atoms with Gasteiger partial charge in [0.1, 0.15) is 5.82 Å². The smallest absolute Gasteiger partial charge is 0.260 e. The van der Waals surface area contributed by atoms with Crippen LogP contribution in [0.25, 0.3) is 10.2 Å². The van der Waals surface area contributed by atoms with Crippen LogP contribution < -0.4 is 14.4 Å². The Labute approximate surface area is 196 Å². The van der Waals surface area contributed by atoms with Crippen LogP contribution in [0.2, 0.25) is 0 Å². The van der Waals surface area contributed by atoms with Gasteiger partial charge in [0.2, 0.25) is 0 Å². The first-order valence-electron chi connectivity index (χ1n) is 11.2. The molecule has 1 aromatic heterocycles. The fraction of sp³-hybridized carbons (Fsp3) is 0.417. The first-order chi connectivity index (χ1) is 16.1. The number of amides is 1. The number of morpholine rings is 1. The van der Waals surface area contributed by atoms with Gasteiger partial charge in [-0.2, -0.15) is 0 Å². The minimum atomic E-state index is -0.322. The van der Waals surface area contributed by atoms with Gasteiger partial charge in [-0.05, 0) is 50.2 Å². The quantitative estimate of drug-likeness (QED) is 0.464. The number of fused-ring (bicyclic) bond motifs is 1. The Hall–Kier alpha value is -2.75. The van der Waals surface area contributed by atoms with Gasteiger partial charge in [0.25, 0.3) is 5.91 Å². The molecule has 1 aliphatic heterocycles. The van der Waals surface area contributed by atoms with Gasteiger partial charge >= 0.3 is 0 Å². The number of ether oxygens (including phenoxy) is 3. The Morgan fingerprint density at radius 1 is 1.12 bits per heavy atom. The summed E-state index contributed by atoms with van der Waals surface area (Å²) >= 11 is 1.31. The minimum absolute atomic E-state index is 0.188. The van der Waals surface area contributed by atoms with Crippen LogP contribution in [0.15, 0.2) is 36.4 Å². The second-order valence-corrected chi connectivity index (χ2v) is 8.56. The number of carbonyl (C=O) groups excluding carboxylic acids is 1. The van der Waals surface area contributed by atoms with Crippen molar-refractivity contribution in [1.29, 1.82) is 0 Å². The molecule has 2 heterocycles. The molecule has 7 nitrogen and oxygen atoms in total. The summed E-state index contributed by atoms with van der Waals surface area (Å²) in [5, 5.41) is 0.542. The molecule has 0 bridgehead atoms. The highest BCUT2D eigenvalue weighted by atomic mass is 32.1. The molecule has 0 saturated carbocycles. The molecule has 1 amide bonds. The number of aromatic nitrogens is 1. The molecule has 1 fully saturated rings. The SMILES string of the molecule is CCOc1ccc(C(=O)N(CCN2CCOCC2)c2nc3ccc(F)cc3s2)cc1OCC. The van der Waals surface area contributed by atoms with Crippen LogP contribution in [0.5, 0.6) is 11.5 Å². The van der Waals surface area contributed by atoms with Crippen LogP contribution in [0, 0.1) is 5.82 Å². The topological polar surface area (TPSA) is 64.1 Å². The summed E-state index contributed by atoms with van der Waals surface area (Å²) in [7, 11) is 0. The van der Waals surface area contributed by atoms with Crippen molar-refractivity contribution in [2.75, 3.05) is 57.5 Å². The maximum Gasteiger partial charge on any atom is 0.260 e. The van der Waals surface area contributed by atoms with E-state index in [1.54, 1.807) is 29.2 Å². The number of hydrogen-bond donors (Lipinski definition) is 0. The van der Waals surface area contributed by atoms with Crippen LogP contribution in [0.3, 0.4) is 0 Å². The second kappa shape index (κ2) is 10.9. The van der Waals surface area contributed by atoms with Crippen molar-refractivity contribution in [1.82, 2.24) is 9.88 Å². The van der Waals surface area contributed by atoms with E-state index >= 15 is 0 Å². The molecule has 1 aliphatic rings. The Kier molecular flexibility index (Phi) is 7.74. The zero-order chi connectivity index (χ0) is 23.2. The number of anilines is 1. The van der Waals surface area contributed by atoms with Crippen LogP contribution in [0.1, 0.15) is 24.2 Å². The van der Waals surface area contributed by atoms with E-state index in [4.69, 9.17) is 14.2 Å². The molecule has 4 rings (SSSR count). The second-order valence-electron chi connectivity index (χ2n) is 7.55. The van der Waals surface area contributed by atoms with Gasteiger partial charge in [-0.3, -0.25) is 14.6 Å². The summed E-state index contributed by atoms with van der Waals surface area (Å²) in [5.41, 5.74) is 1.15.